The maximum atomic E-state index is 19.0. The molecule has 5 heterocycles. The van der Waals surface area contributed by atoms with Crippen LogP contribution in [0.5, 0.6) is 0 Å². The number of allylic oxidation sites excluding steroid dienone is 1. The van der Waals surface area contributed by atoms with Crippen LogP contribution in [-0.4, -0.2) is 13.7 Å². The van der Waals surface area contributed by atoms with Gasteiger partial charge in [-0.1, -0.05) is 232 Å². The molecule has 0 unspecified atom stereocenters. The van der Waals surface area contributed by atoms with Crippen LogP contribution in [0.4, 0.5) is 8.78 Å². The van der Waals surface area contributed by atoms with Crippen LogP contribution in [-0.2, 0) is 11.0 Å². The normalized spacial score (nSPS) is 12.6. The number of hydrogen-bond donors (Lipinski definition) is 0. The van der Waals surface area contributed by atoms with Gasteiger partial charge >= 0.3 is 0 Å². The van der Waals surface area contributed by atoms with Gasteiger partial charge in [0.1, 0.15) is 11.6 Å². The number of fused-ring (bicyclic) bond motifs is 17. The minimum absolute atomic E-state index is 0.394. The zero-order valence-corrected chi connectivity index (χ0v) is 54.1. The van der Waals surface area contributed by atoms with Crippen molar-refractivity contribution in [3.63, 3.8) is 0 Å². The fraction of sp³-hybridized carbons (Fsp3) is 0.0805. The summed E-state index contributed by atoms with van der Waals surface area (Å²) in [6.07, 6.45) is 4.65. The smallest absolute Gasteiger partial charge is 0.131 e. The highest BCUT2D eigenvalue weighted by Crippen LogP contribution is 2.58. The van der Waals surface area contributed by atoms with Gasteiger partial charge in [-0.3, -0.25) is 0 Å². The SMILES string of the molecule is Cc1ccccc1-c1ccccc1/C=C/C(C)(C)c1c(-c2ccccc2F)c(-n2c3ccccc3c3ccc4sc5ccccc5c4c32)c(-c2ccccc2F)c(C(C)(C)n2c3ccccc3c3ccccc32)c1-n1c2ccccc2c2ccc3sc4ccccc4c3c21. The largest absolute Gasteiger partial charge is 0.331 e. The van der Waals surface area contributed by atoms with E-state index in [-0.39, 0.29) is 0 Å². The van der Waals surface area contributed by atoms with Gasteiger partial charge in [0.2, 0.25) is 0 Å². The average Bonchev–Trinajstić information content (AvgIpc) is 1.35. The van der Waals surface area contributed by atoms with Gasteiger partial charge in [-0.2, -0.15) is 0 Å². The number of rotatable bonds is 10. The van der Waals surface area contributed by atoms with E-state index in [1.165, 1.54) is 10.3 Å². The first-order valence-corrected chi connectivity index (χ1v) is 33.8. The van der Waals surface area contributed by atoms with Gasteiger partial charge in [0.25, 0.3) is 0 Å². The molecule has 0 radical (unpaired) electrons. The molecular weight excluding hydrogens is 1190 g/mol. The first kappa shape index (κ1) is 56.1. The van der Waals surface area contributed by atoms with E-state index in [0.29, 0.717) is 27.9 Å². The second-order valence-electron chi connectivity index (χ2n) is 26.1. The van der Waals surface area contributed by atoms with Gasteiger partial charge in [0.15, 0.2) is 0 Å². The summed E-state index contributed by atoms with van der Waals surface area (Å²) in [5.41, 5.74) is 13.7. The van der Waals surface area contributed by atoms with Crippen molar-refractivity contribution in [1.29, 1.82) is 0 Å². The van der Waals surface area contributed by atoms with Crippen molar-refractivity contribution in [2.45, 2.75) is 45.6 Å². The van der Waals surface area contributed by atoms with Crippen molar-refractivity contribution in [1.82, 2.24) is 13.7 Å². The van der Waals surface area contributed by atoms with Gasteiger partial charge in [0.05, 0.1) is 39.0 Å². The Labute approximate surface area is 550 Å². The Hall–Kier alpha value is -10.7. The monoisotopic (exact) mass is 1250 g/mol. The molecule has 0 amide bonds. The van der Waals surface area contributed by atoms with Crippen molar-refractivity contribution in [2.24, 2.45) is 0 Å². The molecule has 0 aliphatic heterocycles. The maximum absolute atomic E-state index is 19.0. The molecule has 0 spiro atoms. The highest BCUT2D eigenvalue weighted by molar-refractivity contribution is 7.26. The molecule has 0 aliphatic carbocycles. The minimum Gasteiger partial charge on any atom is -0.331 e. The topological polar surface area (TPSA) is 14.8 Å². The van der Waals surface area contributed by atoms with Crippen LogP contribution in [0, 0.1) is 18.6 Å². The average molecular weight is 1250 g/mol. The van der Waals surface area contributed by atoms with E-state index in [9.17, 15) is 0 Å². The number of aryl methyl sites for hydroxylation is 1. The Morgan fingerprint density at radius 2 is 0.734 bits per heavy atom. The molecule has 18 rings (SSSR count). The third-order valence-electron chi connectivity index (χ3n) is 20.0. The van der Waals surface area contributed by atoms with E-state index in [0.717, 1.165) is 135 Å². The molecule has 0 atom stereocenters. The second-order valence-corrected chi connectivity index (χ2v) is 28.3. The van der Waals surface area contributed by atoms with Crippen LogP contribution in [0.25, 0.3) is 157 Å². The Balaban J connectivity index is 1.17. The summed E-state index contributed by atoms with van der Waals surface area (Å²) < 4.78 is 50.1. The lowest BCUT2D eigenvalue weighted by molar-refractivity contribution is 0.463. The number of aromatic nitrogens is 3. The Morgan fingerprint density at radius 1 is 0.340 bits per heavy atom. The third-order valence-corrected chi connectivity index (χ3v) is 22.3. The molecule has 0 saturated heterocycles. The van der Waals surface area contributed by atoms with E-state index in [1.807, 2.05) is 24.3 Å². The molecule has 18 aromatic rings. The van der Waals surface area contributed by atoms with E-state index < -0.39 is 22.6 Å². The number of nitrogens with zero attached hydrogens (tertiary/aromatic N) is 3. The second kappa shape index (κ2) is 21.2. The van der Waals surface area contributed by atoms with Crippen LogP contribution in [0.3, 0.4) is 0 Å². The van der Waals surface area contributed by atoms with Crippen molar-refractivity contribution < 1.29 is 8.78 Å². The van der Waals surface area contributed by atoms with Crippen molar-refractivity contribution in [3.05, 3.63) is 307 Å². The predicted octanol–water partition coefficient (Wildman–Crippen LogP) is 25.1. The molecule has 450 valence electrons. The molecule has 94 heavy (non-hydrogen) atoms. The lowest BCUT2D eigenvalue weighted by Gasteiger charge is -2.41. The number of thiophene rings is 2. The Bertz CT molecular complexity index is 6180. The zero-order chi connectivity index (χ0) is 63.3. The van der Waals surface area contributed by atoms with Crippen LogP contribution in [0.2, 0.25) is 0 Å². The molecule has 0 N–H and O–H groups in total. The summed E-state index contributed by atoms with van der Waals surface area (Å²) in [7, 11) is 0. The first-order chi connectivity index (χ1) is 46.0. The summed E-state index contributed by atoms with van der Waals surface area (Å²) in [6.45, 7) is 11.5. The lowest BCUT2D eigenvalue weighted by atomic mass is 9.71. The standard InChI is InChI=1S/C87H61F2N3S2/c1-52-26-6-8-28-54(52)55-29-9-7-27-53(55)50-51-86(2,3)80-78(62-34-10-18-38-66(62)88)84(90-68-40-20-12-32-58(68)60-46-48-74-76(82(60)90)64-36-16-24-44-72(64)93-74)79(63-35-11-19-39-67(63)89)81(87(4,5)92-70-42-22-14-30-56(70)57-31-15-23-43-71(57)92)85(80)91-69-41-21-13-33-59(69)61-47-49-75-77(83(61)91)65-37-17-25-45-73(65)94-75/h6-51H,1-5H3/b51-50+. The van der Waals surface area contributed by atoms with E-state index in [2.05, 4.69) is 279 Å². The first-order valence-electron chi connectivity index (χ1n) is 32.2. The van der Waals surface area contributed by atoms with E-state index >= 15 is 8.78 Å². The summed E-state index contributed by atoms with van der Waals surface area (Å²) in [4.78, 5) is 0. The van der Waals surface area contributed by atoms with Gasteiger partial charge < -0.3 is 13.7 Å². The van der Waals surface area contributed by atoms with Gasteiger partial charge in [-0.05, 0) is 109 Å². The van der Waals surface area contributed by atoms with Crippen LogP contribution in [0.1, 0.15) is 49.9 Å². The molecule has 0 aliphatic rings. The molecule has 0 saturated carbocycles. The van der Waals surface area contributed by atoms with Crippen LogP contribution in [0.15, 0.2) is 273 Å². The summed E-state index contributed by atoms with van der Waals surface area (Å²) in [6, 6.07) is 93.3. The molecule has 3 nitrogen and oxygen atoms in total. The third kappa shape index (κ3) is 8.17. The molecule has 0 bridgehead atoms. The molecule has 0 fully saturated rings. The number of hydrogen-bond acceptors (Lipinski definition) is 2. The highest BCUT2D eigenvalue weighted by atomic mass is 32.1. The van der Waals surface area contributed by atoms with Gasteiger partial charge in [-0.25, -0.2) is 8.78 Å². The van der Waals surface area contributed by atoms with E-state index in [4.69, 9.17) is 0 Å². The number of halogens is 2. The molecular formula is C87H61F2N3S2. The van der Waals surface area contributed by atoms with Gasteiger partial charge in [-0.15, -0.1) is 22.7 Å². The van der Waals surface area contributed by atoms with E-state index in [1.54, 1.807) is 46.9 Å². The fourth-order valence-electron chi connectivity index (χ4n) is 16.0. The highest BCUT2D eigenvalue weighted by Gasteiger charge is 2.43. The minimum atomic E-state index is -1.10. The Kier molecular flexibility index (Phi) is 12.6. The summed E-state index contributed by atoms with van der Waals surface area (Å²) >= 11 is 3.57. The predicted molar refractivity (Wildman–Crippen MR) is 398 cm³/mol. The maximum Gasteiger partial charge on any atom is 0.131 e. The van der Waals surface area contributed by atoms with Crippen LogP contribution >= 0.6 is 22.7 Å². The molecule has 5 aromatic heterocycles. The molecule has 7 heteroatoms. The number of para-hydroxylation sites is 4. The van der Waals surface area contributed by atoms with Gasteiger partial charge in [0, 0.05) is 117 Å². The Morgan fingerprint density at radius 3 is 1.24 bits per heavy atom. The van der Waals surface area contributed by atoms with Crippen molar-refractivity contribution in [2.75, 3.05) is 0 Å². The van der Waals surface area contributed by atoms with Crippen molar-refractivity contribution >= 4 is 135 Å². The number of benzene rings is 13. The fourth-order valence-corrected chi connectivity index (χ4v) is 18.2. The zero-order valence-electron chi connectivity index (χ0n) is 52.5. The van der Waals surface area contributed by atoms with Crippen molar-refractivity contribution in [3.8, 4) is 44.8 Å². The quantitative estimate of drug-likeness (QED) is 0.130. The lowest BCUT2D eigenvalue weighted by Crippen LogP contribution is -2.33. The summed E-state index contributed by atoms with van der Waals surface area (Å²) in [5, 5.41) is 10.9. The summed E-state index contributed by atoms with van der Waals surface area (Å²) in [5.74, 6) is -0.789. The van der Waals surface area contributed by atoms with Crippen LogP contribution < -0.4 is 0 Å². The molecule has 13 aromatic carbocycles.